The van der Waals surface area contributed by atoms with Gasteiger partial charge in [-0.25, -0.2) is 9.59 Å². The second kappa shape index (κ2) is 9.96. The van der Waals surface area contributed by atoms with Crippen LogP contribution in [0.25, 0.3) is 32.7 Å². The molecule has 5 rings (SSSR count). The summed E-state index contributed by atoms with van der Waals surface area (Å²) in [5.74, 6) is 0.624. The van der Waals surface area contributed by atoms with E-state index in [-0.39, 0.29) is 13.2 Å². The number of carbonyl (C=O) groups is 2. The smallest absolute Gasteiger partial charge is 0.330 e. The van der Waals surface area contributed by atoms with Gasteiger partial charge in [0.1, 0.15) is 37.9 Å². The van der Waals surface area contributed by atoms with Crippen LogP contribution in [0.4, 0.5) is 0 Å². The molecule has 0 bridgehead atoms. The van der Waals surface area contributed by atoms with Crippen molar-refractivity contribution >= 4 is 33.5 Å². The highest BCUT2D eigenvalue weighted by atomic mass is 16.5. The highest BCUT2D eigenvalue weighted by molar-refractivity contribution is 6.10. The van der Waals surface area contributed by atoms with Gasteiger partial charge in [0.05, 0.1) is 0 Å². The van der Waals surface area contributed by atoms with Crippen molar-refractivity contribution in [1.82, 2.24) is 0 Å². The Hall–Kier alpha value is -4.58. The molecule has 0 unspecified atom stereocenters. The van der Waals surface area contributed by atoms with Gasteiger partial charge in [0.25, 0.3) is 0 Å². The standard InChI is InChI=1S/C30H24O6/c1-3-27(31)35-17-19-5-9-23-21(15-19)7-11-25-29(23)30-24-10-6-20(18-36-28(32)4-2)16-22(24)8-12-26(30)34-14-13-33-25/h3-12,15-16H,1-2,13-14,17-18H2. The molecule has 0 amide bonds. The minimum absolute atomic E-state index is 0.163. The van der Waals surface area contributed by atoms with E-state index < -0.39 is 11.9 Å². The fourth-order valence-corrected chi connectivity index (χ4v) is 4.38. The predicted molar refractivity (Wildman–Crippen MR) is 138 cm³/mol. The first kappa shape index (κ1) is 23.2. The Kier molecular flexibility index (Phi) is 6.41. The lowest BCUT2D eigenvalue weighted by atomic mass is 9.91. The number of benzene rings is 4. The highest BCUT2D eigenvalue weighted by Gasteiger charge is 2.21. The molecule has 4 aromatic rings. The van der Waals surface area contributed by atoms with E-state index in [4.69, 9.17) is 18.9 Å². The third kappa shape index (κ3) is 4.53. The van der Waals surface area contributed by atoms with E-state index in [1.54, 1.807) is 0 Å². The lowest BCUT2D eigenvalue weighted by molar-refractivity contribution is -0.139. The second-order valence-electron chi connectivity index (χ2n) is 8.31. The minimum Gasteiger partial charge on any atom is -0.489 e. The Labute approximate surface area is 208 Å². The molecule has 0 saturated carbocycles. The molecular formula is C30H24O6. The van der Waals surface area contributed by atoms with Gasteiger partial charge >= 0.3 is 11.9 Å². The van der Waals surface area contributed by atoms with Crippen LogP contribution in [-0.2, 0) is 32.3 Å². The van der Waals surface area contributed by atoms with E-state index >= 15 is 0 Å². The van der Waals surface area contributed by atoms with Gasteiger partial charge in [-0.2, -0.15) is 0 Å². The highest BCUT2D eigenvalue weighted by Crippen LogP contribution is 2.46. The summed E-state index contributed by atoms with van der Waals surface area (Å²) in [6.07, 6.45) is 2.30. The Morgan fingerprint density at radius 2 is 1.14 bits per heavy atom. The van der Waals surface area contributed by atoms with E-state index in [1.807, 2.05) is 60.7 Å². The third-order valence-corrected chi connectivity index (χ3v) is 6.04. The summed E-state index contributed by atoms with van der Waals surface area (Å²) < 4.78 is 22.6. The minimum atomic E-state index is -0.460. The normalized spacial score (nSPS) is 12.2. The zero-order chi connectivity index (χ0) is 25.1. The fraction of sp³-hybridized carbons (Fsp3) is 0.133. The zero-order valence-corrected chi connectivity index (χ0v) is 19.6. The molecule has 0 saturated heterocycles. The molecule has 6 nitrogen and oxygen atoms in total. The molecule has 0 N–H and O–H groups in total. The number of ether oxygens (including phenoxy) is 4. The summed E-state index contributed by atoms with van der Waals surface area (Å²) in [4.78, 5) is 23.0. The van der Waals surface area contributed by atoms with Crippen LogP contribution >= 0.6 is 0 Å². The van der Waals surface area contributed by atoms with E-state index in [1.165, 1.54) is 0 Å². The van der Waals surface area contributed by atoms with Crippen LogP contribution < -0.4 is 9.47 Å². The molecule has 0 aliphatic carbocycles. The van der Waals surface area contributed by atoms with Crippen LogP contribution in [0, 0.1) is 0 Å². The maximum atomic E-state index is 11.5. The monoisotopic (exact) mass is 480 g/mol. The van der Waals surface area contributed by atoms with Crippen molar-refractivity contribution in [3.8, 4) is 22.6 Å². The van der Waals surface area contributed by atoms with Crippen LogP contribution in [0.2, 0.25) is 0 Å². The fourth-order valence-electron chi connectivity index (χ4n) is 4.38. The van der Waals surface area contributed by atoms with Gasteiger partial charge < -0.3 is 18.9 Å². The van der Waals surface area contributed by atoms with Crippen molar-refractivity contribution in [2.45, 2.75) is 13.2 Å². The summed E-state index contributed by atoms with van der Waals surface area (Å²) in [5, 5.41) is 3.96. The Morgan fingerprint density at radius 3 is 1.56 bits per heavy atom. The van der Waals surface area contributed by atoms with Gasteiger partial charge in [-0.05, 0) is 56.9 Å². The third-order valence-electron chi connectivity index (χ3n) is 6.04. The summed E-state index contributed by atoms with van der Waals surface area (Å²) in [5.41, 5.74) is 3.62. The maximum absolute atomic E-state index is 11.5. The number of hydrogen-bond acceptors (Lipinski definition) is 6. The van der Waals surface area contributed by atoms with Gasteiger partial charge in [0.2, 0.25) is 0 Å². The molecule has 6 heteroatoms. The van der Waals surface area contributed by atoms with Crippen LogP contribution in [-0.4, -0.2) is 25.2 Å². The number of rotatable bonds is 6. The van der Waals surface area contributed by atoms with Gasteiger partial charge in [-0.15, -0.1) is 0 Å². The van der Waals surface area contributed by atoms with Crippen LogP contribution in [0.3, 0.4) is 0 Å². The topological polar surface area (TPSA) is 71.1 Å². The first-order valence-electron chi connectivity index (χ1n) is 11.5. The Bertz CT molecular complexity index is 1400. The lowest BCUT2D eigenvalue weighted by Crippen LogP contribution is -2.13. The largest absolute Gasteiger partial charge is 0.489 e. The number of hydrogen-bond donors (Lipinski definition) is 0. The molecule has 0 radical (unpaired) electrons. The Morgan fingerprint density at radius 1 is 0.694 bits per heavy atom. The van der Waals surface area contributed by atoms with Crippen LogP contribution in [0.1, 0.15) is 11.1 Å². The predicted octanol–water partition coefficient (Wildman–Crippen LogP) is 5.89. The van der Waals surface area contributed by atoms with Gasteiger partial charge in [0.15, 0.2) is 0 Å². The van der Waals surface area contributed by atoms with Crippen molar-refractivity contribution in [3.05, 3.63) is 97.1 Å². The number of fused-ring (bicyclic) bond motifs is 7. The van der Waals surface area contributed by atoms with Crippen molar-refractivity contribution in [1.29, 1.82) is 0 Å². The van der Waals surface area contributed by atoms with Crippen molar-refractivity contribution in [2.75, 3.05) is 13.2 Å². The first-order chi connectivity index (χ1) is 17.6. The molecular weight excluding hydrogens is 456 g/mol. The molecule has 4 aromatic carbocycles. The zero-order valence-electron chi connectivity index (χ0n) is 19.6. The van der Waals surface area contributed by atoms with Gasteiger partial charge in [-0.3, -0.25) is 0 Å². The summed E-state index contributed by atoms with van der Waals surface area (Å²) in [6, 6.07) is 19.9. The molecule has 0 fully saturated rings. The van der Waals surface area contributed by atoms with E-state index in [9.17, 15) is 9.59 Å². The van der Waals surface area contributed by atoms with Crippen molar-refractivity contribution in [3.63, 3.8) is 0 Å². The van der Waals surface area contributed by atoms with E-state index in [2.05, 4.69) is 13.2 Å². The van der Waals surface area contributed by atoms with E-state index in [0.29, 0.717) is 13.2 Å². The molecule has 0 aromatic heterocycles. The van der Waals surface area contributed by atoms with E-state index in [0.717, 1.165) is 67.4 Å². The lowest BCUT2D eigenvalue weighted by Gasteiger charge is -2.23. The molecule has 0 atom stereocenters. The molecule has 0 spiro atoms. The van der Waals surface area contributed by atoms with Gasteiger partial charge in [0, 0.05) is 23.3 Å². The van der Waals surface area contributed by atoms with Crippen molar-refractivity contribution in [2.24, 2.45) is 0 Å². The van der Waals surface area contributed by atoms with Gasteiger partial charge in [-0.1, -0.05) is 49.6 Å². The Balaban J connectivity index is 1.64. The number of esters is 2. The quantitative estimate of drug-likeness (QED) is 0.253. The maximum Gasteiger partial charge on any atom is 0.330 e. The molecule has 1 aliphatic rings. The SMILES string of the molecule is C=CC(=O)OCc1ccc2c3c(ccc2c1)OCCOc1ccc2cc(COC(=O)C=C)ccc2c1-3. The summed E-state index contributed by atoms with van der Waals surface area (Å²) >= 11 is 0. The van der Waals surface area contributed by atoms with Crippen molar-refractivity contribution < 1.29 is 28.5 Å². The number of carbonyl (C=O) groups excluding carboxylic acids is 2. The van der Waals surface area contributed by atoms with Crippen LogP contribution in [0.15, 0.2) is 86.0 Å². The molecule has 1 heterocycles. The second-order valence-corrected chi connectivity index (χ2v) is 8.31. The molecule has 1 aliphatic heterocycles. The molecule has 180 valence electrons. The summed E-state index contributed by atoms with van der Waals surface area (Å²) in [6.45, 7) is 8.06. The average molecular weight is 481 g/mol. The molecule has 36 heavy (non-hydrogen) atoms. The van der Waals surface area contributed by atoms with Crippen LogP contribution in [0.5, 0.6) is 11.5 Å². The average Bonchev–Trinajstić information content (AvgIpc) is 2.90. The summed E-state index contributed by atoms with van der Waals surface area (Å²) in [7, 11) is 0. The first-order valence-corrected chi connectivity index (χ1v) is 11.5.